The molecule has 0 radical (unpaired) electrons. The highest BCUT2D eigenvalue weighted by molar-refractivity contribution is 6.00. The van der Waals surface area contributed by atoms with Gasteiger partial charge < -0.3 is 19.7 Å². The van der Waals surface area contributed by atoms with Crippen molar-refractivity contribution >= 4 is 17.5 Å². The third-order valence-electron chi connectivity index (χ3n) is 6.25. The van der Waals surface area contributed by atoms with E-state index >= 15 is 0 Å². The lowest BCUT2D eigenvalue weighted by molar-refractivity contribution is -0.185. The van der Waals surface area contributed by atoms with E-state index in [9.17, 15) is 22.8 Å². The molecule has 0 unspecified atom stereocenters. The number of fused-ring (bicyclic) bond motifs is 1. The largest absolute Gasteiger partial charge is 0.491 e. The highest BCUT2D eigenvalue weighted by Gasteiger charge is 2.42. The van der Waals surface area contributed by atoms with E-state index in [1.54, 1.807) is 13.1 Å². The number of amides is 2. The second kappa shape index (κ2) is 8.00. The topological polar surface area (TPSA) is 67.9 Å². The molecule has 9 heteroatoms. The van der Waals surface area contributed by atoms with E-state index in [1.165, 1.54) is 4.90 Å². The van der Waals surface area contributed by atoms with Crippen molar-refractivity contribution in [2.75, 3.05) is 19.0 Å². The highest BCUT2D eigenvalue weighted by Crippen LogP contribution is 2.41. The molecule has 2 fully saturated rings. The molecule has 1 aliphatic carbocycles. The van der Waals surface area contributed by atoms with E-state index < -0.39 is 18.1 Å². The Morgan fingerprint density at radius 3 is 2.53 bits per heavy atom. The second-order valence-corrected chi connectivity index (χ2v) is 8.24. The van der Waals surface area contributed by atoms with Crippen LogP contribution in [0.3, 0.4) is 0 Å². The van der Waals surface area contributed by atoms with Crippen molar-refractivity contribution in [3.63, 3.8) is 0 Å². The Balaban J connectivity index is 1.46. The first kappa shape index (κ1) is 20.8. The number of carbonyl (C=O) groups excluding carboxylic acids is 2. The van der Waals surface area contributed by atoms with E-state index in [0.717, 1.165) is 5.56 Å². The smallest absolute Gasteiger partial charge is 0.391 e. The molecule has 1 atom stereocenters. The lowest BCUT2D eigenvalue weighted by Gasteiger charge is -2.30. The molecule has 2 amide bonds. The number of ether oxygens (including phenoxy) is 2. The van der Waals surface area contributed by atoms with Gasteiger partial charge in [0, 0.05) is 31.5 Å². The van der Waals surface area contributed by atoms with Gasteiger partial charge in [-0.3, -0.25) is 9.59 Å². The van der Waals surface area contributed by atoms with Crippen LogP contribution in [-0.2, 0) is 16.0 Å². The Bertz CT molecular complexity index is 834. The molecule has 6 nitrogen and oxygen atoms in total. The third-order valence-corrected chi connectivity index (χ3v) is 6.25. The van der Waals surface area contributed by atoms with Gasteiger partial charge >= 0.3 is 6.18 Å². The molecular weight excluding hydrogens is 401 g/mol. The lowest BCUT2D eigenvalue weighted by Crippen LogP contribution is -2.38. The molecule has 1 aromatic rings. The second-order valence-electron chi connectivity index (χ2n) is 8.24. The van der Waals surface area contributed by atoms with Crippen LogP contribution in [0.15, 0.2) is 12.1 Å². The van der Waals surface area contributed by atoms with Gasteiger partial charge in [0.25, 0.3) is 0 Å². The summed E-state index contributed by atoms with van der Waals surface area (Å²) in [7, 11) is 1.61. The van der Waals surface area contributed by atoms with Gasteiger partial charge in [-0.25, -0.2) is 0 Å². The zero-order valence-corrected chi connectivity index (χ0v) is 16.8. The van der Waals surface area contributed by atoms with E-state index in [4.69, 9.17) is 9.47 Å². The van der Waals surface area contributed by atoms with Crippen LogP contribution in [0.25, 0.3) is 0 Å². The number of anilines is 1. The van der Waals surface area contributed by atoms with Gasteiger partial charge in [0.15, 0.2) is 0 Å². The predicted octanol–water partition coefficient (Wildman–Crippen LogP) is 3.68. The molecule has 1 saturated carbocycles. The van der Waals surface area contributed by atoms with Crippen LogP contribution < -0.4 is 14.8 Å². The number of likely N-dealkylation sites (tertiary alicyclic amines) is 1. The molecular formula is C21H25F3N2O4. The minimum absolute atomic E-state index is 0.0633. The minimum atomic E-state index is -4.15. The minimum Gasteiger partial charge on any atom is -0.491 e. The number of hydrogen-bond acceptors (Lipinski definition) is 4. The van der Waals surface area contributed by atoms with Crippen molar-refractivity contribution in [2.24, 2.45) is 5.92 Å². The number of alkyl halides is 3. The summed E-state index contributed by atoms with van der Waals surface area (Å²) in [6.45, 7) is 0.486. The zero-order chi connectivity index (χ0) is 21.5. The molecule has 1 N–H and O–H groups in total. The Morgan fingerprint density at radius 1 is 1.17 bits per heavy atom. The van der Waals surface area contributed by atoms with Crippen molar-refractivity contribution in [3.05, 3.63) is 17.7 Å². The Kier molecular flexibility index (Phi) is 5.55. The van der Waals surface area contributed by atoms with Gasteiger partial charge in [-0.05, 0) is 38.2 Å². The number of halogens is 3. The summed E-state index contributed by atoms with van der Waals surface area (Å²) in [5, 5.41) is 2.85. The van der Waals surface area contributed by atoms with Crippen LogP contribution in [-0.4, -0.2) is 48.7 Å². The molecule has 1 aromatic carbocycles. The average Bonchev–Trinajstić information content (AvgIpc) is 3.28. The Labute approximate surface area is 172 Å². The molecule has 2 aliphatic heterocycles. The first-order chi connectivity index (χ1) is 14.2. The van der Waals surface area contributed by atoms with Crippen LogP contribution in [0, 0.1) is 5.92 Å². The first-order valence-corrected chi connectivity index (χ1v) is 10.3. The monoisotopic (exact) mass is 426 g/mol. The van der Waals surface area contributed by atoms with Crippen molar-refractivity contribution in [1.29, 1.82) is 0 Å². The van der Waals surface area contributed by atoms with Gasteiger partial charge in [0.05, 0.1) is 24.3 Å². The standard InChI is InChI=1S/C21H25F3N2O4/c1-26-17(6-7-18(26)27)20(28)25-16-11-15(10-12-8-9-29-19(12)16)30-14-4-2-13(3-5-14)21(22,23)24/h10-11,13-14,17H,2-9H2,1H3,(H,25,28)/t13?,14?,17-/m0/s1. The summed E-state index contributed by atoms with van der Waals surface area (Å²) in [6.07, 6.45) is -2.16. The van der Waals surface area contributed by atoms with E-state index in [0.29, 0.717) is 55.9 Å². The van der Waals surface area contributed by atoms with Gasteiger partial charge in [0.1, 0.15) is 17.5 Å². The molecule has 3 aliphatic rings. The predicted molar refractivity (Wildman–Crippen MR) is 102 cm³/mol. The maximum atomic E-state index is 12.9. The quantitative estimate of drug-likeness (QED) is 0.798. The van der Waals surface area contributed by atoms with Crippen LogP contribution in [0.1, 0.15) is 44.1 Å². The molecule has 1 saturated heterocycles. The first-order valence-electron chi connectivity index (χ1n) is 10.3. The summed E-state index contributed by atoms with van der Waals surface area (Å²) in [5.41, 5.74) is 1.37. The van der Waals surface area contributed by atoms with Gasteiger partial charge in [-0.2, -0.15) is 13.2 Å². The maximum Gasteiger partial charge on any atom is 0.391 e. The molecule has 2 heterocycles. The number of benzene rings is 1. The van der Waals surface area contributed by atoms with Gasteiger partial charge in [-0.1, -0.05) is 0 Å². The summed E-state index contributed by atoms with van der Waals surface area (Å²) in [5.74, 6) is -0.511. The molecule has 30 heavy (non-hydrogen) atoms. The Morgan fingerprint density at radius 2 is 1.90 bits per heavy atom. The lowest BCUT2D eigenvalue weighted by atomic mass is 9.87. The number of hydrogen-bond donors (Lipinski definition) is 1. The van der Waals surface area contributed by atoms with Gasteiger partial charge in [0.2, 0.25) is 11.8 Å². The normalized spacial score (nSPS) is 26.3. The molecule has 0 bridgehead atoms. The number of nitrogens with zero attached hydrogens (tertiary/aromatic N) is 1. The SMILES string of the molecule is CN1C(=O)CC[C@H]1C(=O)Nc1cc(OC2CCC(C(F)(F)F)CC2)cc2c1OCC2. The van der Waals surface area contributed by atoms with Crippen molar-refractivity contribution in [2.45, 2.75) is 63.3 Å². The fraction of sp³-hybridized carbons (Fsp3) is 0.619. The zero-order valence-electron chi connectivity index (χ0n) is 16.8. The van der Waals surface area contributed by atoms with Crippen molar-refractivity contribution in [3.8, 4) is 11.5 Å². The summed E-state index contributed by atoms with van der Waals surface area (Å²) in [4.78, 5) is 25.9. The van der Waals surface area contributed by atoms with E-state index in [2.05, 4.69) is 5.32 Å². The average molecular weight is 426 g/mol. The van der Waals surface area contributed by atoms with Crippen molar-refractivity contribution in [1.82, 2.24) is 4.90 Å². The third kappa shape index (κ3) is 4.20. The van der Waals surface area contributed by atoms with Crippen LogP contribution in [0.5, 0.6) is 11.5 Å². The maximum absolute atomic E-state index is 12.9. The van der Waals surface area contributed by atoms with Crippen molar-refractivity contribution < 1.29 is 32.2 Å². The molecule has 4 rings (SSSR count). The molecule has 0 spiro atoms. The molecule has 0 aromatic heterocycles. The number of nitrogens with one attached hydrogen (secondary N) is 1. The number of likely N-dealkylation sites (N-methyl/N-ethyl adjacent to an activating group) is 1. The number of rotatable bonds is 4. The van der Waals surface area contributed by atoms with E-state index in [-0.39, 0.29) is 30.8 Å². The molecule has 164 valence electrons. The summed E-state index contributed by atoms with van der Waals surface area (Å²) >= 11 is 0. The van der Waals surface area contributed by atoms with Crippen LogP contribution in [0.4, 0.5) is 18.9 Å². The summed E-state index contributed by atoms with van der Waals surface area (Å²) in [6, 6.07) is 2.96. The fourth-order valence-corrected chi connectivity index (χ4v) is 4.47. The fourth-order valence-electron chi connectivity index (χ4n) is 4.47. The summed E-state index contributed by atoms with van der Waals surface area (Å²) < 4.78 is 50.3. The Hall–Kier alpha value is -2.45. The van der Waals surface area contributed by atoms with Crippen LogP contribution in [0.2, 0.25) is 0 Å². The van der Waals surface area contributed by atoms with E-state index in [1.807, 2.05) is 6.07 Å². The highest BCUT2D eigenvalue weighted by atomic mass is 19.4. The van der Waals surface area contributed by atoms with Crippen LogP contribution >= 0.6 is 0 Å². The number of carbonyl (C=O) groups is 2. The van der Waals surface area contributed by atoms with Gasteiger partial charge in [-0.15, -0.1) is 0 Å².